The van der Waals surface area contributed by atoms with Gasteiger partial charge in [-0.1, -0.05) is 18.2 Å². The molecule has 0 aliphatic carbocycles. The number of alkyl halides is 2. The highest BCUT2D eigenvalue weighted by Gasteiger charge is 2.21. The first kappa shape index (κ1) is 14.3. The number of hydrogen-bond acceptors (Lipinski definition) is 4. The Bertz CT molecular complexity index is 580. The smallest absolute Gasteiger partial charge is 0.387 e. The molecule has 0 bridgehead atoms. The number of halogens is 3. The lowest BCUT2D eigenvalue weighted by molar-refractivity contribution is -0.0506. The van der Waals surface area contributed by atoms with Gasteiger partial charge in [0.15, 0.2) is 0 Å². The van der Waals surface area contributed by atoms with Crippen LogP contribution < -0.4 is 16.0 Å². The quantitative estimate of drug-likeness (QED) is 0.653. The van der Waals surface area contributed by atoms with Crippen LogP contribution in [0.15, 0.2) is 42.7 Å². The van der Waals surface area contributed by atoms with Crippen molar-refractivity contribution in [2.24, 2.45) is 5.84 Å². The van der Waals surface area contributed by atoms with Crippen molar-refractivity contribution in [2.75, 3.05) is 0 Å². The predicted octanol–water partition coefficient (Wildman–Crippen LogP) is 2.37. The Kier molecular flexibility index (Phi) is 4.54. The van der Waals surface area contributed by atoms with E-state index in [1.807, 2.05) is 0 Å². The number of aromatic nitrogens is 1. The molecule has 2 aromatic rings. The van der Waals surface area contributed by atoms with Crippen LogP contribution in [0.4, 0.5) is 13.2 Å². The monoisotopic (exact) mass is 283 g/mol. The molecule has 1 aromatic heterocycles. The number of para-hydroxylation sites is 1. The Balaban J connectivity index is 2.45. The molecule has 1 unspecified atom stereocenters. The van der Waals surface area contributed by atoms with Crippen molar-refractivity contribution in [3.05, 3.63) is 59.7 Å². The van der Waals surface area contributed by atoms with Crippen LogP contribution in [0.2, 0.25) is 0 Å². The van der Waals surface area contributed by atoms with Gasteiger partial charge in [-0.2, -0.15) is 8.78 Å². The van der Waals surface area contributed by atoms with Crippen LogP contribution in [0, 0.1) is 5.82 Å². The number of pyridine rings is 1. The normalized spacial score (nSPS) is 12.4. The highest BCUT2D eigenvalue weighted by atomic mass is 19.3. The Hall–Kier alpha value is -2.12. The largest absolute Gasteiger partial charge is 0.434 e. The van der Waals surface area contributed by atoms with Crippen molar-refractivity contribution in [3.63, 3.8) is 0 Å². The van der Waals surface area contributed by atoms with E-state index in [4.69, 9.17) is 5.84 Å². The minimum Gasteiger partial charge on any atom is -0.434 e. The number of benzene rings is 1. The molecule has 0 spiro atoms. The van der Waals surface area contributed by atoms with E-state index in [1.165, 1.54) is 30.5 Å². The van der Waals surface area contributed by atoms with Crippen molar-refractivity contribution < 1.29 is 17.9 Å². The lowest BCUT2D eigenvalue weighted by Crippen LogP contribution is -2.30. The summed E-state index contributed by atoms with van der Waals surface area (Å²) in [6, 6.07) is 6.65. The lowest BCUT2D eigenvalue weighted by Gasteiger charge is -2.20. The molecular formula is C13H12F3N3O. The first-order valence-corrected chi connectivity index (χ1v) is 5.72. The minimum absolute atomic E-state index is 0.0679. The van der Waals surface area contributed by atoms with Gasteiger partial charge in [-0.3, -0.25) is 10.8 Å². The molecule has 0 saturated heterocycles. The molecule has 0 saturated carbocycles. The summed E-state index contributed by atoms with van der Waals surface area (Å²) in [5.41, 5.74) is 2.89. The van der Waals surface area contributed by atoms with Crippen molar-refractivity contribution in [3.8, 4) is 5.75 Å². The van der Waals surface area contributed by atoms with Gasteiger partial charge in [0.2, 0.25) is 0 Å². The molecule has 1 atom stereocenters. The first-order chi connectivity index (χ1) is 9.63. The predicted molar refractivity (Wildman–Crippen MR) is 66.4 cm³/mol. The molecule has 4 nitrogen and oxygen atoms in total. The molecule has 0 fully saturated rings. The Morgan fingerprint density at radius 1 is 1.15 bits per heavy atom. The fourth-order valence-corrected chi connectivity index (χ4v) is 1.89. The highest BCUT2D eigenvalue weighted by Crippen LogP contribution is 2.31. The van der Waals surface area contributed by atoms with E-state index < -0.39 is 18.5 Å². The van der Waals surface area contributed by atoms with Gasteiger partial charge in [0.25, 0.3) is 0 Å². The van der Waals surface area contributed by atoms with Crippen molar-refractivity contribution >= 4 is 0 Å². The summed E-state index contributed by atoms with van der Waals surface area (Å²) in [4.78, 5) is 3.63. The zero-order valence-electron chi connectivity index (χ0n) is 10.3. The summed E-state index contributed by atoms with van der Waals surface area (Å²) in [6.07, 6.45) is 2.41. The third-order valence-electron chi connectivity index (χ3n) is 2.73. The van der Waals surface area contributed by atoms with Crippen LogP contribution in [0.5, 0.6) is 5.75 Å². The van der Waals surface area contributed by atoms with Crippen molar-refractivity contribution in [1.82, 2.24) is 10.4 Å². The number of nitrogens with one attached hydrogen (secondary N) is 1. The van der Waals surface area contributed by atoms with Crippen LogP contribution in [0.1, 0.15) is 17.2 Å². The number of rotatable bonds is 5. The van der Waals surface area contributed by atoms with E-state index in [0.717, 1.165) is 6.20 Å². The van der Waals surface area contributed by atoms with Crippen molar-refractivity contribution in [2.45, 2.75) is 12.7 Å². The second-order valence-electron chi connectivity index (χ2n) is 3.91. The average molecular weight is 283 g/mol. The van der Waals surface area contributed by atoms with Gasteiger partial charge in [-0.05, 0) is 12.1 Å². The summed E-state index contributed by atoms with van der Waals surface area (Å²) >= 11 is 0. The molecule has 20 heavy (non-hydrogen) atoms. The van der Waals surface area contributed by atoms with Crippen LogP contribution in [-0.2, 0) is 0 Å². The van der Waals surface area contributed by atoms with Gasteiger partial charge < -0.3 is 4.74 Å². The number of ether oxygens (including phenoxy) is 1. The van der Waals surface area contributed by atoms with Crippen LogP contribution >= 0.6 is 0 Å². The van der Waals surface area contributed by atoms with Gasteiger partial charge in [-0.15, -0.1) is 0 Å². The third-order valence-corrected chi connectivity index (χ3v) is 2.73. The lowest BCUT2D eigenvalue weighted by atomic mass is 9.99. The number of hydrogen-bond donors (Lipinski definition) is 2. The maximum atomic E-state index is 13.8. The summed E-state index contributed by atoms with van der Waals surface area (Å²) < 4.78 is 43.0. The standard InChI is InChI=1S/C13H12F3N3O/c14-10-7-18-6-5-8(10)12(19-17)9-3-1-2-4-11(9)20-13(15)16/h1-7,12-13,19H,17H2. The van der Waals surface area contributed by atoms with Gasteiger partial charge in [0.1, 0.15) is 11.6 Å². The fraction of sp³-hybridized carbons (Fsp3) is 0.154. The fourth-order valence-electron chi connectivity index (χ4n) is 1.89. The molecule has 0 radical (unpaired) electrons. The first-order valence-electron chi connectivity index (χ1n) is 5.72. The van der Waals surface area contributed by atoms with Crippen LogP contribution in [-0.4, -0.2) is 11.6 Å². The SMILES string of the molecule is NNC(c1ccncc1F)c1ccccc1OC(F)F. The molecule has 0 aliphatic rings. The van der Waals surface area contributed by atoms with Crippen LogP contribution in [0.3, 0.4) is 0 Å². The number of nitrogens with zero attached hydrogens (tertiary/aromatic N) is 1. The summed E-state index contributed by atoms with van der Waals surface area (Å²) in [5.74, 6) is 4.76. The maximum Gasteiger partial charge on any atom is 0.387 e. The summed E-state index contributed by atoms with van der Waals surface area (Å²) in [6.45, 7) is -2.98. The number of nitrogens with two attached hydrogens (primary N) is 1. The Morgan fingerprint density at radius 3 is 2.55 bits per heavy atom. The summed E-state index contributed by atoms with van der Waals surface area (Å²) in [5, 5.41) is 0. The topological polar surface area (TPSA) is 60.2 Å². The average Bonchev–Trinajstić information content (AvgIpc) is 2.43. The Labute approximate surface area is 113 Å². The Morgan fingerprint density at radius 2 is 1.90 bits per heavy atom. The van der Waals surface area contributed by atoms with E-state index in [-0.39, 0.29) is 11.3 Å². The van der Waals surface area contributed by atoms with E-state index >= 15 is 0 Å². The molecule has 7 heteroatoms. The zero-order valence-corrected chi connectivity index (χ0v) is 10.3. The third kappa shape index (κ3) is 3.06. The maximum absolute atomic E-state index is 13.8. The van der Waals surface area contributed by atoms with Gasteiger partial charge >= 0.3 is 6.61 Å². The molecule has 2 rings (SSSR count). The van der Waals surface area contributed by atoms with E-state index in [0.29, 0.717) is 5.56 Å². The second kappa shape index (κ2) is 6.36. The van der Waals surface area contributed by atoms with Crippen LogP contribution in [0.25, 0.3) is 0 Å². The van der Waals surface area contributed by atoms with E-state index in [9.17, 15) is 13.2 Å². The van der Waals surface area contributed by atoms with E-state index in [1.54, 1.807) is 6.07 Å². The van der Waals surface area contributed by atoms with Crippen molar-refractivity contribution in [1.29, 1.82) is 0 Å². The molecule has 3 N–H and O–H groups in total. The van der Waals surface area contributed by atoms with E-state index in [2.05, 4.69) is 15.1 Å². The molecule has 0 amide bonds. The molecule has 1 aromatic carbocycles. The highest BCUT2D eigenvalue weighted by molar-refractivity contribution is 5.41. The van der Waals surface area contributed by atoms with Gasteiger partial charge in [0, 0.05) is 17.3 Å². The molecule has 1 heterocycles. The summed E-state index contributed by atoms with van der Waals surface area (Å²) in [7, 11) is 0. The zero-order chi connectivity index (χ0) is 14.5. The number of hydrazine groups is 1. The second-order valence-corrected chi connectivity index (χ2v) is 3.91. The van der Waals surface area contributed by atoms with Gasteiger partial charge in [-0.25, -0.2) is 9.82 Å². The molecule has 0 aliphatic heterocycles. The van der Waals surface area contributed by atoms with Gasteiger partial charge in [0.05, 0.1) is 12.2 Å². The molecule has 106 valence electrons. The minimum atomic E-state index is -2.98. The molecular weight excluding hydrogens is 271 g/mol.